The van der Waals surface area contributed by atoms with Gasteiger partial charge in [0, 0.05) is 17.8 Å². The van der Waals surface area contributed by atoms with E-state index in [2.05, 4.69) is 16.3 Å². The van der Waals surface area contributed by atoms with E-state index in [0.29, 0.717) is 29.1 Å². The van der Waals surface area contributed by atoms with Crippen LogP contribution in [0.15, 0.2) is 35.7 Å². The molecular formula is C20H19N5O4. The minimum atomic E-state index is -1.53. The molecule has 2 aliphatic heterocycles. The fourth-order valence-electron chi connectivity index (χ4n) is 4.16. The van der Waals surface area contributed by atoms with Gasteiger partial charge in [-0.1, -0.05) is 18.2 Å². The highest BCUT2D eigenvalue weighted by molar-refractivity contribution is 6.14. The second-order valence-corrected chi connectivity index (χ2v) is 6.63. The molecule has 148 valence electrons. The zero-order valence-corrected chi connectivity index (χ0v) is 16.0. The summed E-state index contributed by atoms with van der Waals surface area (Å²) in [7, 11) is 0. The number of aromatic nitrogens is 2. The Morgan fingerprint density at radius 1 is 1.41 bits per heavy atom. The van der Waals surface area contributed by atoms with Gasteiger partial charge in [-0.25, -0.2) is 0 Å². The van der Waals surface area contributed by atoms with Gasteiger partial charge in [-0.05, 0) is 19.9 Å². The third-order valence-electron chi connectivity index (χ3n) is 5.23. The van der Waals surface area contributed by atoms with Gasteiger partial charge in [0.15, 0.2) is 0 Å². The number of aromatic amines is 1. The van der Waals surface area contributed by atoms with Gasteiger partial charge >= 0.3 is 5.97 Å². The maximum absolute atomic E-state index is 13.8. The molecule has 3 heterocycles. The molecule has 1 amide bonds. The van der Waals surface area contributed by atoms with Crippen molar-refractivity contribution in [2.24, 2.45) is 5.73 Å². The van der Waals surface area contributed by atoms with Gasteiger partial charge in [-0.3, -0.25) is 14.7 Å². The van der Waals surface area contributed by atoms with Crippen LogP contribution in [0.4, 0.5) is 5.69 Å². The van der Waals surface area contributed by atoms with Crippen molar-refractivity contribution in [1.29, 1.82) is 5.26 Å². The summed E-state index contributed by atoms with van der Waals surface area (Å²) >= 11 is 0. The van der Waals surface area contributed by atoms with Crippen molar-refractivity contribution in [3.8, 4) is 11.9 Å². The van der Waals surface area contributed by atoms with E-state index in [1.165, 1.54) is 0 Å². The van der Waals surface area contributed by atoms with Crippen LogP contribution in [-0.2, 0) is 26.2 Å². The van der Waals surface area contributed by atoms with E-state index in [9.17, 15) is 14.9 Å². The van der Waals surface area contributed by atoms with Crippen LogP contribution in [0.1, 0.15) is 30.7 Å². The molecule has 0 fully saturated rings. The molecule has 9 heteroatoms. The molecule has 0 saturated heterocycles. The summed E-state index contributed by atoms with van der Waals surface area (Å²) in [6.45, 7) is 4.18. The molecule has 1 spiro atoms. The highest BCUT2D eigenvalue weighted by Crippen LogP contribution is 2.55. The van der Waals surface area contributed by atoms with E-state index in [0.717, 1.165) is 0 Å². The fourth-order valence-corrected chi connectivity index (χ4v) is 4.16. The number of rotatable bonds is 4. The van der Waals surface area contributed by atoms with Crippen LogP contribution in [0.25, 0.3) is 0 Å². The average Bonchev–Trinajstić information content (AvgIpc) is 3.20. The smallest absolute Gasteiger partial charge is 0.311 e. The molecule has 29 heavy (non-hydrogen) atoms. The number of amides is 1. The third-order valence-corrected chi connectivity index (χ3v) is 5.23. The SMILES string of the molecule is CCOC(=O)Cc1[nH]nc2c1[C@@]1(C(=O)N(CC)c3ccccc31)C(C#N)=C(N)O2. The number of hydrogen-bond donors (Lipinski definition) is 2. The number of anilines is 1. The minimum absolute atomic E-state index is 0.0232. The maximum Gasteiger partial charge on any atom is 0.311 e. The maximum atomic E-state index is 13.8. The number of fused-ring (bicyclic) bond motifs is 4. The number of esters is 1. The van der Waals surface area contributed by atoms with Crippen LogP contribution in [0, 0.1) is 11.3 Å². The Balaban J connectivity index is 2.03. The normalized spacial score (nSPS) is 19.6. The highest BCUT2D eigenvalue weighted by Gasteiger charge is 2.60. The van der Waals surface area contributed by atoms with E-state index >= 15 is 0 Å². The monoisotopic (exact) mass is 393 g/mol. The summed E-state index contributed by atoms with van der Waals surface area (Å²) in [6, 6.07) is 9.27. The largest absolute Gasteiger partial charge is 0.466 e. The van der Waals surface area contributed by atoms with Crippen LogP contribution in [0.2, 0.25) is 0 Å². The number of para-hydroxylation sites is 1. The molecule has 0 saturated carbocycles. The second-order valence-electron chi connectivity index (χ2n) is 6.63. The van der Waals surface area contributed by atoms with Gasteiger partial charge in [-0.2, -0.15) is 5.26 Å². The number of nitrogens with one attached hydrogen (secondary N) is 1. The Labute approximate surface area is 166 Å². The highest BCUT2D eigenvalue weighted by atomic mass is 16.5. The quantitative estimate of drug-likeness (QED) is 0.747. The molecule has 9 nitrogen and oxygen atoms in total. The predicted molar refractivity (Wildman–Crippen MR) is 102 cm³/mol. The Bertz CT molecular complexity index is 1100. The molecule has 2 aliphatic rings. The molecule has 1 aromatic heterocycles. The van der Waals surface area contributed by atoms with Gasteiger partial charge in [0.2, 0.25) is 17.7 Å². The lowest BCUT2D eigenvalue weighted by Gasteiger charge is -2.32. The molecule has 4 rings (SSSR count). The first kappa shape index (κ1) is 18.6. The Morgan fingerprint density at radius 3 is 2.86 bits per heavy atom. The molecular weight excluding hydrogens is 374 g/mol. The molecule has 1 aromatic carbocycles. The summed E-state index contributed by atoms with van der Waals surface area (Å²) in [5.74, 6) is -0.935. The number of ether oxygens (including phenoxy) is 2. The van der Waals surface area contributed by atoms with Crippen molar-refractivity contribution in [3.05, 3.63) is 52.5 Å². The van der Waals surface area contributed by atoms with Gasteiger partial charge in [0.25, 0.3) is 0 Å². The van der Waals surface area contributed by atoms with Crippen LogP contribution in [0.3, 0.4) is 0 Å². The van der Waals surface area contributed by atoms with Gasteiger partial charge in [0.05, 0.1) is 24.3 Å². The number of nitriles is 1. The van der Waals surface area contributed by atoms with Crippen LogP contribution < -0.4 is 15.4 Å². The van der Waals surface area contributed by atoms with Crippen molar-refractivity contribution in [3.63, 3.8) is 0 Å². The molecule has 0 aliphatic carbocycles. The van der Waals surface area contributed by atoms with Crippen LogP contribution in [-0.4, -0.2) is 35.2 Å². The van der Waals surface area contributed by atoms with Gasteiger partial charge < -0.3 is 20.1 Å². The Kier molecular flexibility index (Phi) is 4.27. The lowest BCUT2D eigenvalue weighted by Crippen LogP contribution is -2.46. The van der Waals surface area contributed by atoms with E-state index in [-0.39, 0.29) is 36.3 Å². The van der Waals surface area contributed by atoms with Crippen molar-refractivity contribution < 1.29 is 19.1 Å². The molecule has 3 N–H and O–H groups in total. The topological polar surface area (TPSA) is 134 Å². The molecule has 0 unspecified atom stereocenters. The first-order chi connectivity index (χ1) is 14.0. The van der Waals surface area contributed by atoms with Crippen molar-refractivity contribution in [1.82, 2.24) is 10.2 Å². The Morgan fingerprint density at radius 2 is 2.17 bits per heavy atom. The number of H-pyrrole nitrogens is 1. The summed E-state index contributed by atoms with van der Waals surface area (Å²) in [6.07, 6.45) is -0.151. The van der Waals surface area contributed by atoms with Gasteiger partial charge in [-0.15, -0.1) is 5.10 Å². The standard InChI is InChI=1S/C20H19N5O4/c1-3-25-14-8-6-5-7-11(14)20(19(25)27)12(10-21)17(22)29-18-16(20)13(23-24-18)9-15(26)28-4-2/h5-8H,3-4,9,22H2,1-2H3,(H,23,24)/t20-/m0/s1. The first-order valence-corrected chi connectivity index (χ1v) is 9.23. The van der Waals surface area contributed by atoms with Crippen molar-refractivity contribution >= 4 is 17.6 Å². The number of benzene rings is 1. The van der Waals surface area contributed by atoms with Gasteiger partial charge in [0.1, 0.15) is 17.1 Å². The molecule has 0 bridgehead atoms. The van der Waals surface area contributed by atoms with E-state index in [4.69, 9.17) is 15.2 Å². The number of nitrogens with two attached hydrogens (primary N) is 1. The van der Waals surface area contributed by atoms with Crippen molar-refractivity contribution in [2.75, 3.05) is 18.1 Å². The first-order valence-electron chi connectivity index (χ1n) is 9.23. The van der Waals surface area contributed by atoms with E-state index in [1.54, 1.807) is 24.0 Å². The summed E-state index contributed by atoms with van der Waals surface area (Å²) in [5.41, 5.74) is 6.43. The fraction of sp³-hybridized carbons (Fsp3) is 0.300. The predicted octanol–water partition coefficient (Wildman–Crippen LogP) is 1.25. The number of carbonyl (C=O) groups excluding carboxylic acids is 2. The summed E-state index contributed by atoms with van der Waals surface area (Å²) < 4.78 is 10.6. The third kappa shape index (κ3) is 2.35. The lowest BCUT2D eigenvalue weighted by molar-refractivity contribution is -0.142. The zero-order chi connectivity index (χ0) is 20.8. The summed E-state index contributed by atoms with van der Waals surface area (Å²) in [4.78, 5) is 27.5. The van der Waals surface area contributed by atoms with Crippen LogP contribution >= 0.6 is 0 Å². The second kappa shape index (κ2) is 6.67. The van der Waals surface area contributed by atoms with Crippen LogP contribution in [0.5, 0.6) is 5.88 Å². The van der Waals surface area contributed by atoms with E-state index < -0.39 is 11.4 Å². The molecule has 0 radical (unpaired) electrons. The minimum Gasteiger partial charge on any atom is -0.466 e. The summed E-state index contributed by atoms with van der Waals surface area (Å²) in [5, 5.41) is 16.8. The van der Waals surface area contributed by atoms with E-state index in [1.807, 2.05) is 19.1 Å². The molecule has 2 aromatic rings. The average molecular weight is 393 g/mol. The van der Waals surface area contributed by atoms with Crippen molar-refractivity contribution in [2.45, 2.75) is 25.7 Å². The Hall–Kier alpha value is -3.80. The number of hydrogen-bond acceptors (Lipinski definition) is 7. The number of nitrogens with zero attached hydrogens (tertiary/aromatic N) is 3. The number of likely N-dealkylation sites (N-methyl/N-ethyl adjacent to an activating group) is 1. The number of carbonyl (C=O) groups is 2. The zero-order valence-electron chi connectivity index (χ0n) is 16.0. The lowest BCUT2D eigenvalue weighted by atomic mass is 9.69. The molecule has 1 atom stereocenters.